The van der Waals surface area contributed by atoms with Crippen molar-refractivity contribution < 1.29 is 4.74 Å². The maximum absolute atomic E-state index is 7.00. The molecule has 15 heavy (non-hydrogen) atoms. The Labute approximate surface area is 88.6 Å². The number of rotatable bonds is 2. The number of hydrogen-bond acceptors (Lipinski definition) is 1. The highest BCUT2D eigenvalue weighted by atomic mass is 16.5. The van der Waals surface area contributed by atoms with Crippen LogP contribution in [-0.2, 0) is 0 Å². The molecule has 0 aliphatic carbocycles. The van der Waals surface area contributed by atoms with Gasteiger partial charge in [0.05, 0.1) is 6.57 Å². The van der Waals surface area contributed by atoms with E-state index in [9.17, 15) is 0 Å². The second-order valence-electron chi connectivity index (χ2n) is 2.99. The van der Waals surface area contributed by atoms with Gasteiger partial charge in [-0.1, -0.05) is 36.4 Å². The Morgan fingerprint density at radius 1 is 0.867 bits per heavy atom. The summed E-state index contributed by atoms with van der Waals surface area (Å²) in [5.41, 5.74) is 0.529. The molecule has 2 nitrogen and oxygen atoms in total. The van der Waals surface area contributed by atoms with E-state index in [0.717, 1.165) is 5.75 Å². The summed E-state index contributed by atoms with van der Waals surface area (Å²) in [7, 11) is 0. The molecule has 0 atom stereocenters. The summed E-state index contributed by atoms with van der Waals surface area (Å²) >= 11 is 0. The minimum atomic E-state index is 0.529. The van der Waals surface area contributed by atoms with Gasteiger partial charge in [-0.15, -0.1) is 0 Å². The van der Waals surface area contributed by atoms with Crippen LogP contribution in [0.5, 0.6) is 11.5 Å². The normalized spacial score (nSPS) is 9.27. The van der Waals surface area contributed by atoms with Crippen molar-refractivity contribution in [3.8, 4) is 11.5 Å². The van der Waals surface area contributed by atoms with Gasteiger partial charge in [-0.2, -0.15) is 0 Å². The number of nitrogens with zero attached hydrogens (tertiary/aromatic N) is 1. The predicted octanol–water partition coefficient (Wildman–Crippen LogP) is 4.03. The Balaban J connectivity index is 2.29. The topological polar surface area (TPSA) is 13.6 Å². The van der Waals surface area contributed by atoms with Crippen molar-refractivity contribution >= 4 is 5.69 Å². The van der Waals surface area contributed by atoms with Crippen LogP contribution >= 0.6 is 0 Å². The first-order valence-corrected chi connectivity index (χ1v) is 4.59. The Kier molecular flexibility index (Phi) is 2.66. The second kappa shape index (κ2) is 4.30. The van der Waals surface area contributed by atoms with Crippen LogP contribution in [0.3, 0.4) is 0 Å². The quantitative estimate of drug-likeness (QED) is 0.659. The molecule has 2 heteroatoms. The van der Waals surface area contributed by atoms with Gasteiger partial charge in [0.2, 0.25) is 5.69 Å². The van der Waals surface area contributed by atoms with Crippen LogP contribution in [0.1, 0.15) is 0 Å². The molecule has 0 spiro atoms. The lowest BCUT2D eigenvalue weighted by Crippen LogP contribution is -1.82. The van der Waals surface area contributed by atoms with Gasteiger partial charge in [0, 0.05) is 0 Å². The van der Waals surface area contributed by atoms with Crippen LogP contribution < -0.4 is 4.74 Å². The molecule has 2 aromatic carbocycles. The first kappa shape index (κ1) is 9.29. The van der Waals surface area contributed by atoms with Crippen LogP contribution in [0.4, 0.5) is 5.69 Å². The molecule has 2 rings (SSSR count). The lowest BCUT2D eigenvalue weighted by molar-refractivity contribution is 0.485. The summed E-state index contributed by atoms with van der Waals surface area (Å²) < 4.78 is 5.59. The van der Waals surface area contributed by atoms with Crippen LogP contribution in [0.25, 0.3) is 4.85 Å². The highest BCUT2D eigenvalue weighted by Crippen LogP contribution is 2.30. The van der Waals surface area contributed by atoms with E-state index < -0.39 is 0 Å². The Hall–Kier alpha value is -2.27. The van der Waals surface area contributed by atoms with Crippen LogP contribution in [0, 0.1) is 6.57 Å². The monoisotopic (exact) mass is 195 g/mol. The first-order chi connectivity index (χ1) is 7.40. The molecule has 0 bridgehead atoms. The van der Waals surface area contributed by atoms with Crippen molar-refractivity contribution in [2.24, 2.45) is 0 Å². The molecule has 0 aromatic heterocycles. The van der Waals surface area contributed by atoms with Gasteiger partial charge in [0.15, 0.2) is 0 Å². The zero-order chi connectivity index (χ0) is 10.5. The van der Waals surface area contributed by atoms with E-state index in [1.807, 2.05) is 42.5 Å². The molecule has 0 radical (unpaired) electrons. The van der Waals surface area contributed by atoms with Crippen molar-refractivity contribution in [2.45, 2.75) is 0 Å². The molecule has 0 aliphatic rings. The maximum atomic E-state index is 7.00. The molecular formula is C13H9NO. The van der Waals surface area contributed by atoms with Gasteiger partial charge >= 0.3 is 0 Å². The number of para-hydroxylation sites is 3. The summed E-state index contributed by atoms with van der Waals surface area (Å²) in [5.74, 6) is 1.34. The zero-order valence-electron chi connectivity index (χ0n) is 8.05. The second-order valence-corrected chi connectivity index (χ2v) is 2.99. The molecule has 0 unspecified atom stereocenters. The third-order valence-corrected chi connectivity index (χ3v) is 1.96. The minimum absolute atomic E-state index is 0.529. The molecule has 0 saturated heterocycles. The fraction of sp³-hybridized carbons (Fsp3) is 0. The summed E-state index contributed by atoms with van der Waals surface area (Å²) in [4.78, 5) is 3.39. The average molecular weight is 195 g/mol. The van der Waals surface area contributed by atoms with Gasteiger partial charge in [-0.05, 0) is 18.2 Å². The lowest BCUT2D eigenvalue weighted by Gasteiger charge is -2.06. The Bertz CT molecular complexity index is 485. The van der Waals surface area contributed by atoms with E-state index in [1.54, 1.807) is 12.1 Å². The first-order valence-electron chi connectivity index (χ1n) is 4.59. The highest BCUT2D eigenvalue weighted by Gasteiger charge is 2.02. The van der Waals surface area contributed by atoms with Crippen LogP contribution in [0.2, 0.25) is 0 Å². The lowest BCUT2D eigenvalue weighted by atomic mass is 10.3. The summed E-state index contributed by atoms with van der Waals surface area (Å²) in [6.07, 6.45) is 0. The summed E-state index contributed by atoms with van der Waals surface area (Å²) in [6, 6.07) is 16.7. The van der Waals surface area contributed by atoms with E-state index in [1.165, 1.54) is 0 Å². The van der Waals surface area contributed by atoms with Crippen molar-refractivity contribution in [3.63, 3.8) is 0 Å². The molecule has 0 amide bonds. The molecule has 0 aliphatic heterocycles. The number of hydrogen-bond donors (Lipinski definition) is 0. The zero-order valence-corrected chi connectivity index (χ0v) is 8.05. The highest BCUT2D eigenvalue weighted by molar-refractivity contribution is 5.58. The fourth-order valence-electron chi connectivity index (χ4n) is 1.25. The largest absolute Gasteiger partial charge is 0.468 e. The molecule has 0 heterocycles. The van der Waals surface area contributed by atoms with E-state index >= 15 is 0 Å². The predicted molar refractivity (Wildman–Crippen MR) is 59.2 cm³/mol. The van der Waals surface area contributed by atoms with Gasteiger partial charge in [-0.3, -0.25) is 0 Å². The van der Waals surface area contributed by atoms with Gasteiger partial charge in [0.1, 0.15) is 11.5 Å². The molecule has 0 N–H and O–H groups in total. The van der Waals surface area contributed by atoms with Crippen LogP contribution in [-0.4, -0.2) is 0 Å². The Morgan fingerprint density at radius 2 is 1.53 bits per heavy atom. The standard InChI is InChI=1S/C13H9NO/c1-14-12-9-5-6-10-13(12)15-11-7-3-2-4-8-11/h2-10H. The van der Waals surface area contributed by atoms with E-state index in [0.29, 0.717) is 11.4 Å². The van der Waals surface area contributed by atoms with Crippen molar-refractivity contribution in [1.29, 1.82) is 0 Å². The van der Waals surface area contributed by atoms with Crippen molar-refractivity contribution in [3.05, 3.63) is 66.0 Å². The minimum Gasteiger partial charge on any atom is -0.468 e. The van der Waals surface area contributed by atoms with Crippen molar-refractivity contribution in [1.82, 2.24) is 0 Å². The van der Waals surface area contributed by atoms with Crippen molar-refractivity contribution in [2.75, 3.05) is 0 Å². The SMILES string of the molecule is [C-]#[N+]c1ccccc1Oc1ccccc1. The van der Waals surface area contributed by atoms with E-state index in [4.69, 9.17) is 11.3 Å². The molecule has 2 aromatic rings. The Morgan fingerprint density at radius 3 is 2.27 bits per heavy atom. The number of ether oxygens (including phenoxy) is 1. The van der Waals surface area contributed by atoms with E-state index in [2.05, 4.69) is 4.85 Å². The number of benzene rings is 2. The van der Waals surface area contributed by atoms with Crippen LogP contribution in [0.15, 0.2) is 54.6 Å². The third kappa shape index (κ3) is 2.15. The molecular weight excluding hydrogens is 186 g/mol. The molecule has 72 valence electrons. The van der Waals surface area contributed by atoms with E-state index in [-0.39, 0.29) is 0 Å². The summed E-state index contributed by atoms with van der Waals surface area (Å²) in [5, 5.41) is 0. The smallest absolute Gasteiger partial charge is 0.228 e. The summed E-state index contributed by atoms with van der Waals surface area (Å²) in [6.45, 7) is 7.00. The maximum Gasteiger partial charge on any atom is 0.228 e. The molecule has 0 saturated carbocycles. The third-order valence-electron chi connectivity index (χ3n) is 1.96. The molecule has 0 fully saturated rings. The average Bonchev–Trinajstić information content (AvgIpc) is 2.31. The van der Waals surface area contributed by atoms with Gasteiger partial charge < -0.3 is 4.74 Å². The van der Waals surface area contributed by atoms with Gasteiger partial charge in [0.25, 0.3) is 0 Å². The van der Waals surface area contributed by atoms with Gasteiger partial charge in [-0.25, -0.2) is 4.85 Å². The fourth-order valence-corrected chi connectivity index (χ4v) is 1.25.